The quantitative estimate of drug-likeness (QED) is 0.315. The van der Waals surface area contributed by atoms with Gasteiger partial charge in [-0.05, 0) is 18.6 Å². The summed E-state index contributed by atoms with van der Waals surface area (Å²) in [4.78, 5) is 0.237. The second kappa shape index (κ2) is 13.8. The van der Waals surface area contributed by atoms with Gasteiger partial charge < -0.3 is 0 Å². The van der Waals surface area contributed by atoms with Gasteiger partial charge >= 0.3 is 0 Å². The van der Waals surface area contributed by atoms with Crippen molar-refractivity contribution in [2.45, 2.75) is 69.6 Å². The molecular formula is C17H28CaO3S. The molecule has 0 amide bonds. The van der Waals surface area contributed by atoms with E-state index < -0.39 is 10.1 Å². The van der Waals surface area contributed by atoms with Gasteiger partial charge in [0.05, 0.1) is 11.5 Å². The molecule has 0 heterocycles. The second-order valence-electron chi connectivity index (χ2n) is 5.42. The van der Waals surface area contributed by atoms with Gasteiger partial charge in [0.15, 0.2) is 0 Å². The van der Waals surface area contributed by atoms with Crippen LogP contribution in [0.1, 0.15) is 64.7 Å². The van der Waals surface area contributed by atoms with Crippen molar-refractivity contribution in [3.8, 4) is 0 Å². The third-order valence-electron chi connectivity index (χ3n) is 3.52. The Balaban J connectivity index is 0.00000441. The van der Waals surface area contributed by atoms with Crippen molar-refractivity contribution in [1.82, 2.24) is 0 Å². The maximum atomic E-state index is 11.8. The van der Waals surface area contributed by atoms with Crippen molar-refractivity contribution < 1.29 is 12.6 Å². The van der Waals surface area contributed by atoms with E-state index in [0.29, 0.717) is 0 Å². The van der Waals surface area contributed by atoms with E-state index in [-0.39, 0.29) is 49.2 Å². The summed E-state index contributed by atoms with van der Waals surface area (Å²) in [5.74, 6) is 0. The molecule has 3 nitrogen and oxygen atoms in total. The van der Waals surface area contributed by atoms with Gasteiger partial charge in [-0.2, -0.15) is 8.42 Å². The fraction of sp³-hybridized carbons (Fsp3) is 0.647. The molecule has 0 atom stereocenters. The third-order valence-corrected chi connectivity index (χ3v) is 4.84. The Morgan fingerprint density at radius 1 is 0.818 bits per heavy atom. The molecule has 1 aromatic carbocycles. The van der Waals surface area contributed by atoms with Gasteiger partial charge in [0.1, 0.15) is 0 Å². The molecule has 1 rings (SSSR count). The van der Waals surface area contributed by atoms with Crippen LogP contribution in [0.5, 0.6) is 0 Å². The molecule has 0 saturated heterocycles. The number of unbranched alkanes of at least 4 members (excludes halogenated alkanes) is 8. The molecule has 22 heavy (non-hydrogen) atoms. The molecule has 122 valence electrons. The minimum atomic E-state index is -3.57. The standard InChI is InChI=1S/C17H28O3S.Ca/c1-2-3-4-5-6-7-8-9-13-16-20-21(18,19)17-14-11-10-12-15-17;/h10-12,14-15H,2-9,13,16H2,1H3;. The van der Waals surface area contributed by atoms with E-state index in [4.69, 9.17) is 4.18 Å². The minimum absolute atomic E-state index is 0. The van der Waals surface area contributed by atoms with E-state index in [2.05, 4.69) is 6.92 Å². The van der Waals surface area contributed by atoms with Gasteiger partial charge in [0, 0.05) is 37.7 Å². The molecule has 0 fully saturated rings. The SMILES string of the molecule is CCCCCCCCCCCOS(=O)(=O)c1ccccc1.[Ca]. The first kappa shape index (κ1) is 22.4. The van der Waals surface area contributed by atoms with Gasteiger partial charge in [-0.3, -0.25) is 4.18 Å². The normalized spacial score (nSPS) is 11.1. The van der Waals surface area contributed by atoms with Gasteiger partial charge in [-0.1, -0.05) is 76.5 Å². The largest absolute Gasteiger partial charge is 0.296 e. The summed E-state index contributed by atoms with van der Waals surface area (Å²) in [6.45, 7) is 2.51. The number of hydrogen-bond acceptors (Lipinski definition) is 3. The molecule has 0 N–H and O–H groups in total. The van der Waals surface area contributed by atoms with Crippen molar-refractivity contribution in [2.24, 2.45) is 0 Å². The second-order valence-corrected chi connectivity index (χ2v) is 7.03. The Morgan fingerprint density at radius 3 is 1.86 bits per heavy atom. The molecule has 0 spiro atoms. The van der Waals surface area contributed by atoms with E-state index in [1.54, 1.807) is 30.3 Å². The van der Waals surface area contributed by atoms with Gasteiger partial charge in [0.2, 0.25) is 0 Å². The first-order chi connectivity index (χ1) is 10.2. The molecule has 0 aromatic heterocycles. The summed E-state index contributed by atoms with van der Waals surface area (Å²) in [6.07, 6.45) is 10.8. The average Bonchev–Trinajstić information content (AvgIpc) is 2.50. The van der Waals surface area contributed by atoms with Crippen LogP contribution in [0.2, 0.25) is 0 Å². The summed E-state index contributed by atoms with van der Waals surface area (Å²) in [6, 6.07) is 8.32. The Hall–Kier alpha value is 0.390. The van der Waals surface area contributed by atoms with Crippen LogP contribution < -0.4 is 0 Å². The van der Waals surface area contributed by atoms with Crippen molar-refractivity contribution in [3.05, 3.63) is 30.3 Å². The van der Waals surface area contributed by atoms with Gasteiger partial charge in [0.25, 0.3) is 10.1 Å². The van der Waals surface area contributed by atoms with Crippen LogP contribution in [0.4, 0.5) is 0 Å². The monoisotopic (exact) mass is 352 g/mol. The molecule has 0 aliphatic carbocycles. The Kier molecular flexibility index (Phi) is 14.0. The van der Waals surface area contributed by atoms with Crippen molar-refractivity contribution in [2.75, 3.05) is 6.61 Å². The summed E-state index contributed by atoms with van der Waals surface area (Å²) in [5.41, 5.74) is 0. The minimum Gasteiger partial charge on any atom is -0.266 e. The Bertz CT molecular complexity index is 460. The zero-order valence-corrected chi connectivity index (χ0v) is 16.8. The molecule has 5 heteroatoms. The maximum Gasteiger partial charge on any atom is 0.296 e. The Morgan fingerprint density at radius 2 is 1.32 bits per heavy atom. The van der Waals surface area contributed by atoms with Crippen LogP contribution in [0.3, 0.4) is 0 Å². The van der Waals surface area contributed by atoms with Crippen molar-refractivity contribution in [1.29, 1.82) is 0 Å². The molecule has 2 radical (unpaired) electrons. The van der Waals surface area contributed by atoms with Crippen LogP contribution in [0, 0.1) is 0 Å². The van der Waals surface area contributed by atoms with Crippen LogP contribution in [0.15, 0.2) is 35.2 Å². The van der Waals surface area contributed by atoms with E-state index >= 15 is 0 Å². The van der Waals surface area contributed by atoms with Crippen molar-refractivity contribution in [3.63, 3.8) is 0 Å². The number of hydrogen-bond donors (Lipinski definition) is 0. The van der Waals surface area contributed by atoms with E-state index in [9.17, 15) is 8.42 Å². The Labute approximate surface area is 166 Å². The number of benzene rings is 1. The van der Waals surface area contributed by atoms with Crippen LogP contribution >= 0.6 is 0 Å². The van der Waals surface area contributed by atoms with Crippen molar-refractivity contribution >= 4 is 47.9 Å². The van der Waals surface area contributed by atoms with Crippen LogP contribution in [0.25, 0.3) is 0 Å². The summed E-state index contributed by atoms with van der Waals surface area (Å²) < 4.78 is 28.7. The van der Waals surface area contributed by atoms with Crippen LogP contribution in [-0.2, 0) is 14.3 Å². The maximum absolute atomic E-state index is 11.8. The molecule has 0 aliphatic rings. The molecule has 0 unspecified atom stereocenters. The zero-order valence-electron chi connectivity index (χ0n) is 13.8. The molecule has 0 bridgehead atoms. The molecule has 0 saturated carbocycles. The fourth-order valence-corrected chi connectivity index (χ4v) is 3.20. The summed E-state index contributed by atoms with van der Waals surface area (Å²) in [7, 11) is -3.57. The summed E-state index contributed by atoms with van der Waals surface area (Å²) >= 11 is 0. The first-order valence-electron chi connectivity index (χ1n) is 8.11. The topological polar surface area (TPSA) is 43.4 Å². The molecular weight excluding hydrogens is 324 g/mol. The number of rotatable bonds is 12. The van der Waals surface area contributed by atoms with E-state index in [0.717, 1.165) is 12.8 Å². The van der Waals surface area contributed by atoms with Gasteiger partial charge in [-0.25, -0.2) is 0 Å². The average molecular weight is 353 g/mol. The zero-order chi connectivity index (χ0) is 15.4. The van der Waals surface area contributed by atoms with E-state index in [1.807, 2.05) is 0 Å². The first-order valence-corrected chi connectivity index (χ1v) is 9.52. The van der Waals surface area contributed by atoms with E-state index in [1.165, 1.54) is 44.9 Å². The predicted molar refractivity (Wildman–Crippen MR) is 92.6 cm³/mol. The summed E-state index contributed by atoms with van der Waals surface area (Å²) in [5, 5.41) is 0. The predicted octanol–water partition coefficient (Wildman–Crippen LogP) is 4.54. The molecule has 1 aromatic rings. The van der Waals surface area contributed by atoms with Crippen LogP contribution in [-0.4, -0.2) is 52.8 Å². The smallest absolute Gasteiger partial charge is 0.266 e. The molecule has 0 aliphatic heterocycles. The third kappa shape index (κ3) is 10.2. The fourth-order valence-electron chi connectivity index (χ4n) is 2.24. The van der Waals surface area contributed by atoms with Gasteiger partial charge in [-0.15, -0.1) is 0 Å².